The highest BCUT2D eigenvalue weighted by Gasteiger charge is 2.39. The maximum absolute atomic E-state index is 17.8. The van der Waals surface area contributed by atoms with E-state index in [1.165, 1.54) is 5.56 Å². The number of hydrogen-bond donors (Lipinski definition) is 0. The number of fused-ring (bicyclic) bond motifs is 4. The van der Waals surface area contributed by atoms with Gasteiger partial charge in [0.25, 0.3) is 5.92 Å². The van der Waals surface area contributed by atoms with Crippen LogP contribution in [-0.4, -0.2) is 16.2 Å². The maximum Gasteiger partial charge on any atom is 0.298 e. The number of aromatic nitrogens is 2. The van der Waals surface area contributed by atoms with Crippen LogP contribution in [0.3, 0.4) is 0 Å². The molecule has 0 saturated carbocycles. The number of anilines is 4. The second kappa shape index (κ2) is 15.6. The molecule has 10 rings (SSSR count). The lowest BCUT2D eigenvalue weighted by Gasteiger charge is -2.32. The highest BCUT2D eigenvalue weighted by Crippen LogP contribution is 2.49. The van der Waals surface area contributed by atoms with Crippen molar-refractivity contribution in [2.24, 2.45) is 0 Å². The molecule has 0 amide bonds. The van der Waals surface area contributed by atoms with Gasteiger partial charge in [0.1, 0.15) is 12.5 Å². The predicted octanol–water partition coefficient (Wildman–Crippen LogP) is 15.5. The van der Waals surface area contributed by atoms with Crippen LogP contribution in [0.1, 0.15) is 87.4 Å². The van der Waals surface area contributed by atoms with Crippen LogP contribution in [0.2, 0.25) is 0 Å². The molecule has 0 atom stereocenters. The zero-order chi connectivity index (χ0) is 45.3. The van der Waals surface area contributed by atoms with Gasteiger partial charge < -0.3 is 9.80 Å². The number of hydrogen-bond acceptors (Lipinski definition) is 3. The minimum atomic E-state index is -3.35. The van der Waals surface area contributed by atoms with Gasteiger partial charge in [0.05, 0.1) is 22.4 Å². The first-order valence-electron chi connectivity index (χ1n) is 22.5. The van der Waals surface area contributed by atoms with E-state index in [9.17, 15) is 0 Å². The number of halogens is 2. The summed E-state index contributed by atoms with van der Waals surface area (Å²) in [6.45, 7) is 15.7. The van der Waals surface area contributed by atoms with Crippen molar-refractivity contribution in [3.05, 3.63) is 227 Å². The summed E-state index contributed by atoms with van der Waals surface area (Å²) in [4.78, 5) is 9.46. The number of pyridine rings is 1. The summed E-state index contributed by atoms with van der Waals surface area (Å²) in [6.07, 6.45) is 1.84. The fraction of sp³-hybridized carbons (Fsp3) is 0.203. The van der Waals surface area contributed by atoms with Gasteiger partial charge in [-0.05, 0) is 106 Å². The third-order valence-corrected chi connectivity index (χ3v) is 13.5. The van der Waals surface area contributed by atoms with Crippen LogP contribution in [0.4, 0.5) is 31.5 Å². The fourth-order valence-electron chi connectivity index (χ4n) is 9.84. The lowest BCUT2D eigenvalue weighted by molar-refractivity contribution is 0.0428. The van der Waals surface area contributed by atoms with Gasteiger partial charge in [0, 0.05) is 44.9 Å². The van der Waals surface area contributed by atoms with Gasteiger partial charge >= 0.3 is 0 Å². The van der Waals surface area contributed by atoms with E-state index in [0.717, 1.165) is 61.3 Å². The minimum absolute atomic E-state index is 0.0467. The van der Waals surface area contributed by atoms with Crippen molar-refractivity contribution in [2.45, 2.75) is 70.6 Å². The quantitative estimate of drug-likeness (QED) is 0.152. The van der Waals surface area contributed by atoms with Crippen molar-refractivity contribution in [2.75, 3.05) is 16.5 Å². The van der Waals surface area contributed by atoms with Gasteiger partial charge in [-0.2, -0.15) is 8.78 Å². The van der Waals surface area contributed by atoms with Crippen molar-refractivity contribution in [1.29, 1.82) is 0 Å². The first-order chi connectivity index (χ1) is 31.1. The van der Waals surface area contributed by atoms with Gasteiger partial charge in [0.2, 0.25) is 0 Å². The zero-order valence-electron chi connectivity index (χ0n) is 38.1. The molecular weight excluding hydrogens is 803 g/mol. The summed E-state index contributed by atoms with van der Waals surface area (Å²) in [6, 6.07) is 60.7. The molecule has 0 N–H and O–H groups in total. The molecule has 9 aromatic rings. The Morgan fingerprint density at radius 3 is 1.66 bits per heavy atom. The van der Waals surface area contributed by atoms with Crippen LogP contribution in [0, 0.1) is 0 Å². The van der Waals surface area contributed by atoms with E-state index >= 15 is 8.78 Å². The summed E-state index contributed by atoms with van der Waals surface area (Å²) < 4.78 is 37.7. The molecule has 0 fully saturated rings. The van der Waals surface area contributed by atoms with Crippen LogP contribution in [0.15, 0.2) is 188 Å². The van der Waals surface area contributed by atoms with Crippen LogP contribution in [0.5, 0.6) is 0 Å². The molecule has 0 bridgehead atoms. The van der Waals surface area contributed by atoms with E-state index in [1.54, 1.807) is 24.3 Å². The highest BCUT2D eigenvalue weighted by atomic mass is 19.3. The van der Waals surface area contributed by atoms with Crippen LogP contribution < -0.4 is 9.80 Å². The Hall–Kier alpha value is -7.05. The highest BCUT2D eigenvalue weighted by molar-refractivity contribution is 6.09. The SMILES string of the molecule is CC(C)(C)c1cc(N2CN(c3ccccc3C(C)(C)C)c3ccccc32)cc(C(F)(F)c2ccc3c4ccccc4n(-c4cc(C(C)(c5ccccc5)c5ccccc5)ccn4)c3c2)c1. The molecule has 1 aliphatic heterocycles. The molecule has 6 heteroatoms. The molecule has 3 heterocycles. The Morgan fingerprint density at radius 1 is 0.431 bits per heavy atom. The lowest BCUT2D eigenvalue weighted by Crippen LogP contribution is -2.27. The Labute approximate surface area is 381 Å². The molecular formula is C59H54F2N4. The van der Waals surface area contributed by atoms with Crippen molar-refractivity contribution < 1.29 is 8.78 Å². The lowest BCUT2D eigenvalue weighted by atomic mass is 9.71. The van der Waals surface area contributed by atoms with E-state index in [4.69, 9.17) is 4.98 Å². The third-order valence-electron chi connectivity index (χ3n) is 13.5. The third kappa shape index (κ3) is 7.16. The topological polar surface area (TPSA) is 24.3 Å². The van der Waals surface area contributed by atoms with Crippen molar-refractivity contribution in [3.8, 4) is 5.82 Å². The van der Waals surface area contributed by atoms with Crippen LogP contribution in [0.25, 0.3) is 27.6 Å². The number of rotatable bonds is 8. The molecule has 1 aliphatic rings. The van der Waals surface area contributed by atoms with Gasteiger partial charge in [-0.1, -0.05) is 163 Å². The predicted molar refractivity (Wildman–Crippen MR) is 266 cm³/mol. The van der Waals surface area contributed by atoms with E-state index in [-0.39, 0.29) is 16.5 Å². The summed E-state index contributed by atoms with van der Waals surface area (Å²) >= 11 is 0. The van der Waals surface area contributed by atoms with Gasteiger partial charge in [0.15, 0.2) is 0 Å². The monoisotopic (exact) mass is 856 g/mol. The van der Waals surface area contributed by atoms with E-state index in [0.29, 0.717) is 18.0 Å². The fourth-order valence-corrected chi connectivity index (χ4v) is 9.84. The smallest absolute Gasteiger partial charge is 0.298 e. The Morgan fingerprint density at radius 2 is 1.00 bits per heavy atom. The summed E-state index contributed by atoms with van der Waals surface area (Å²) in [5.74, 6) is -2.69. The number of benzene rings is 7. The average Bonchev–Trinajstić information content (AvgIpc) is 3.87. The summed E-state index contributed by atoms with van der Waals surface area (Å²) in [5, 5.41) is 1.86. The van der Waals surface area contributed by atoms with E-state index in [1.807, 2.05) is 59.3 Å². The van der Waals surface area contributed by atoms with Crippen LogP contribution >= 0.6 is 0 Å². The zero-order valence-corrected chi connectivity index (χ0v) is 38.1. The normalized spacial score (nSPS) is 13.5. The molecule has 0 spiro atoms. The van der Waals surface area contributed by atoms with Crippen LogP contribution in [-0.2, 0) is 22.2 Å². The maximum atomic E-state index is 17.8. The second-order valence-corrected chi connectivity index (χ2v) is 19.7. The molecule has 0 aliphatic carbocycles. The largest absolute Gasteiger partial charge is 0.321 e. The number of para-hydroxylation sites is 4. The second-order valence-electron chi connectivity index (χ2n) is 19.7. The van der Waals surface area contributed by atoms with E-state index < -0.39 is 16.8 Å². The standard InChI is InChI=1S/C59H54F2N4/c1-56(2,3)44-34-45(36-46(35-44)63-39-64(53-29-19-18-28-52(53)63)51-27-17-15-25-49(51)57(4,5)6)59(60,61)43-30-31-48-47-24-14-16-26-50(47)65(54(48)37-43)55-38-42(32-33-62-55)58(7,40-20-10-8-11-21-40)41-22-12-9-13-23-41/h8-38H,39H2,1-7H3. The summed E-state index contributed by atoms with van der Waals surface area (Å²) in [7, 11) is 0. The van der Waals surface area contributed by atoms with Crippen molar-refractivity contribution in [1.82, 2.24) is 9.55 Å². The minimum Gasteiger partial charge on any atom is -0.321 e. The van der Waals surface area contributed by atoms with Gasteiger partial charge in [-0.15, -0.1) is 0 Å². The first kappa shape index (κ1) is 41.9. The molecule has 4 nitrogen and oxygen atoms in total. The summed E-state index contributed by atoms with van der Waals surface area (Å²) in [5.41, 5.74) is 9.68. The number of nitrogens with zero attached hydrogens (tertiary/aromatic N) is 4. The van der Waals surface area contributed by atoms with E-state index in [2.05, 4.69) is 167 Å². The average molecular weight is 857 g/mol. The van der Waals surface area contributed by atoms with Gasteiger partial charge in [-0.25, -0.2) is 4.98 Å². The number of alkyl halides is 2. The van der Waals surface area contributed by atoms with Crippen molar-refractivity contribution >= 4 is 44.6 Å². The van der Waals surface area contributed by atoms with Crippen molar-refractivity contribution in [3.63, 3.8) is 0 Å². The first-order valence-corrected chi connectivity index (χ1v) is 22.5. The molecule has 0 radical (unpaired) electrons. The Kier molecular flexibility index (Phi) is 10.1. The molecule has 0 saturated heterocycles. The molecule has 7 aromatic carbocycles. The molecule has 0 unspecified atom stereocenters. The van der Waals surface area contributed by atoms with Gasteiger partial charge in [-0.3, -0.25) is 4.57 Å². The Bertz CT molecular complexity index is 3170. The molecule has 65 heavy (non-hydrogen) atoms. The molecule has 2 aromatic heterocycles. The molecule has 324 valence electrons. The Balaban J connectivity index is 1.11.